The molecule has 0 N–H and O–H groups in total. The zero-order valence-corrected chi connectivity index (χ0v) is 7.88. The van der Waals surface area contributed by atoms with E-state index in [4.69, 9.17) is 4.52 Å². The van der Waals surface area contributed by atoms with Crippen molar-refractivity contribution in [3.8, 4) is 0 Å². The van der Waals surface area contributed by atoms with Gasteiger partial charge in [0.2, 0.25) is 7.37 Å². The van der Waals surface area contributed by atoms with Crippen LogP contribution < -0.4 is 5.30 Å². The maximum atomic E-state index is 11.8. The average molecular weight is 182 g/mol. The number of rotatable bonds is 0. The van der Waals surface area contributed by atoms with Crippen LogP contribution in [0.2, 0.25) is 0 Å². The predicted octanol–water partition coefficient (Wildman–Crippen LogP) is 1.79. The van der Waals surface area contributed by atoms with E-state index in [-0.39, 0.29) is 0 Å². The van der Waals surface area contributed by atoms with Crippen LogP contribution >= 0.6 is 7.37 Å². The fraction of sp³-hybridized carbons (Fsp3) is 0.333. The first-order chi connectivity index (χ1) is 5.70. The molecule has 2 rings (SSSR count). The van der Waals surface area contributed by atoms with Crippen LogP contribution in [0.4, 0.5) is 0 Å². The Morgan fingerprint density at radius 2 is 2.17 bits per heavy atom. The zero-order chi connectivity index (χ0) is 8.60. The van der Waals surface area contributed by atoms with E-state index in [9.17, 15) is 4.57 Å². The molecule has 1 aliphatic rings. The molecular formula is C9H11O2P. The molecule has 0 saturated heterocycles. The summed E-state index contributed by atoms with van der Waals surface area (Å²) in [6.45, 7) is 2.27. The third-order valence-electron chi connectivity index (χ3n) is 2.14. The molecule has 0 spiro atoms. The summed E-state index contributed by atoms with van der Waals surface area (Å²) in [4.78, 5) is 0. The average Bonchev–Trinajstić information content (AvgIpc) is 2.04. The molecule has 1 heterocycles. The van der Waals surface area contributed by atoms with Crippen molar-refractivity contribution in [2.24, 2.45) is 0 Å². The highest BCUT2D eigenvalue weighted by molar-refractivity contribution is 7.66. The van der Waals surface area contributed by atoms with E-state index in [1.54, 1.807) is 6.66 Å². The highest BCUT2D eigenvalue weighted by Crippen LogP contribution is 2.44. The van der Waals surface area contributed by atoms with Crippen LogP contribution in [0.3, 0.4) is 0 Å². The SMILES string of the molecule is CP1(=O)OCCc2ccccc21. The lowest BCUT2D eigenvalue weighted by Crippen LogP contribution is -2.19. The van der Waals surface area contributed by atoms with Gasteiger partial charge in [0, 0.05) is 12.0 Å². The van der Waals surface area contributed by atoms with E-state index in [0.29, 0.717) is 6.61 Å². The van der Waals surface area contributed by atoms with Gasteiger partial charge in [0.25, 0.3) is 0 Å². The summed E-state index contributed by atoms with van der Waals surface area (Å²) in [7, 11) is -2.48. The van der Waals surface area contributed by atoms with Gasteiger partial charge in [0.15, 0.2) is 0 Å². The second kappa shape index (κ2) is 2.72. The van der Waals surface area contributed by atoms with Crippen molar-refractivity contribution in [2.45, 2.75) is 6.42 Å². The van der Waals surface area contributed by atoms with Crippen molar-refractivity contribution in [3.63, 3.8) is 0 Å². The Labute approximate surface area is 72.0 Å². The maximum Gasteiger partial charge on any atom is 0.229 e. The molecule has 1 aliphatic heterocycles. The maximum absolute atomic E-state index is 11.8. The highest BCUT2D eigenvalue weighted by Gasteiger charge is 2.25. The molecule has 12 heavy (non-hydrogen) atoms. The molecule has 0 fully saturated rings. The van der Waals surface area contributed by atoms with E-state index < -0.39 is 7.37 Å². The summed E-state index contributed by atoms with van der Waals surface area (Å²) < 4.78 is 17.1. The molecule has 0 amide bonds. The lowest BCUT2D eigenvalue weighted by Gasteiger charge is -2.22. The van der Waals surface area contributed by atoms with Crippen molar-refractivity contribution >= 4 is 12.7 Å². The van der Waals surface area contributed by atoms with Gasteiger partial charge in [-0.3, -0.25) is 4.57 Å². The summed E-state index contributed by atoms with van der Waals surface area (Å²) in [5, 5.41) is 0.899. The van der Waals surface area contributed by atoms with Crippen molar-refractivity contribution in [2.75, 3.05) is 13.3 Å². The van der Waals surface area contributed by atoms with Gasteiger partial charge in [-0.2, -0.15) is 0 Å². The minimum atomic E-state index is -2.48. The van der Waals surface area contributed by atoms with Gasteiger partial charge in [0.1, 0.15) is 0 Å². The lowest BCUT2D eigenvalue weighted by molar-refractivity contribution is 0.321. The van der Waals surface area contributed by atoms with Crippen molar-refractivity contribution < 1.29 is 9.09 Å². The standard InChI is InChI=1S/C9H11O2P/c1-12(10)9-5-3-2-4-8(9)6-7-11-12/h2-5H,6-7H2,1H3. The Morgan fingerprint density at radius 1 is 1.42 bits per heavy atom. The van der Waals surface area contributed by atoms with E-state index in [0.717, 1.165) is 11.7 Å². The number of fused-ring (bicyclic) bond motifs is 1. The molecular weight excluding hydrogens is 171 g/mol. The van der Waals surface area contributed by atoms with Gasteiger partial charge >= 0.3 is 0 Å². The molecule has 1 atom stereocenters. The Kier molecular flexibility index (Phi) is 1.82. The Bertz CT molecular complexity index is 346. The molecule has 3 heteroatoms. The number of hydrogen-bond donors (Lipinski definition) is 0. The van der Waals surface area contributed by atoms with Gasteiger partial charge in [-0.05, 0) is 18.1 Å². The molecule has 1 unspecified atom stereocenters. The third kappa shape index (κ3) is 1.21. The molecule has 0 aromatic heterocycles. The van der Waals surface area contributed by atoms with Crippen molar-refractivity contribution in [1.82, 2.24) is 0 Å². The lowest BCUT2D eigenvalue weighted by atomic mass is 10.2. The first-order valence-electron chi connectivity index (χ1n) is 4.01. The van der Waals surface area contributed by atoms with Crippen LogP contribution in [-0.4, -0.2) is 13.3 Å². The third-order valence-corrected chi connectivity index (χ3v) is 4.13. The van der Waals surface area contributed by atoms with Crippen LogP contribution in [0.25, 0.3) is 0 Å². The Hall–Kier alpha value is -0.590. The summed E-state index contributed by atoms with van der Waals surface area (Å²) in [5.41, 5.74) is 1.18. The molecule has 1 aromatic carbocycles. The molecule has 0 bridgehead atoms. The van der Waals surface area contributed by atoms with Gasteiger partial charge in [-0.15, -0.1) is 0 Å². The first kappa shape index (κ1) is 8.03. The molecule has 0 saturated carbocycles. The van der Waals surface area contributed by atoms with Gasteiger partial charge in [0.05, 0.1) is 6.61 Å². The molecule has 2 nitrogen and oxygen atoms in total. The Balaban J connectivity index is 2.59. The molecule has 64 valence electrons. The molecule has 0 aliphatic carbocycles. The van der Waals surface area contributed by atoms with Crippen LogP contribution in [0.1, 0.15) is 5.56 Å². The topological polar surface area (TPSA) is 26.3 Å². The van der Waals surface area contributed by atoms with E-state index in [2.05, 4.69) is 0 Å². The second-order valence-electron chi connectivity index (χ2n) is 3.06. The summed E-state index contributed by atoms with van der Waals surface area (Å²) in [6, 6.07) is 7.80. The normalized spacial score (nSPS) is 28.1. The van der Waals surface area contributed by atoms with Crippen LogP contribution in [0, 0.1) is 0 Å². The fourth-order valence-electron chi connectivity index (χ4n) is 1.52. The Morgan fingerprint density at radius 3 is 2.92 bits per heavy atom. The van der Waals surface area contributed by atoms with Crippen LogP contribution in [-0.2, 0) is 15.5 Å². The predicted molar refractivity (Wildman–Crippen MR) is 49.3 cm³/mol. The highest BCUT2D eigenvalue weighted by atomic mass is 31.2. The van der Waals surface area contributed by atoms with E-state index in [1.807, 2.05) is 24.3 Å². The smallest absolute Gasteiger partial charge is 0.229 e. The largest absolute Gasteiger partial charge is 0.325 e. The monoisotopic (exact) mass is 182 g/mol. The van der Waals surface area contributed by atoms with Gasteiger partial charge in [-0.1, -0.05) is 18.2 Å². The van der Waals surface area contributed by atoms with Crippen LogP contribution in [0.5, 0.6) is 0 Å². The van der Waals surface area contributed by atoms with Crippen molar-refractivity contribution in [1.29, 1.82) is 0 Å². The number of benzene rings is 1. The van der Waals surface area contributed by atoms with Crippen LogP contribution in [0.15, 0.2) is 24.3 Å². The fourth-order valence-corrected chi connectivity index (χ4v) is 3.16. The molecule has 0 radical (unpaired) electrons. The summed E-state index contributed by atoms with van der Waals surface area (Å²) in [5.74, 6) is 0. The summed E-state index contributed by atoms with van der Waals surface area (Å²) in [6.07, 6.45) is 0.883. The minimum Gasteiger partial charge on any atom is -0.325 e. The second-order valence-corrected chi connectivity index (χ2v) is 5.49. The minimum absolute atomic E-state index is 0.588. The van der Waals surface area contributed by atoms with Gasteiger partial charge < -0.3 is 4.52 Å². The van der Waals surface area contributed by atoms with E-state index in [1.165, 1.54) is 5.56 Å². The summed E-state index contributed by atoms with van der Waals surface area (Å²) >= 11 is 0. The quantitative estimate of drug-likeness (QED) is 0.572. The first-order valence-corrected chi connectivity index (χ1v) is 6.08. The molecule has 1 aromatic rings. The van der Waals surface area contributed by atoms with Gasteiger partial charge in [-0.25, -0.2) is 0 Å². The zero-order valence-electron chi connectivity index (χ0n) is 6.99. The van der Waals surface area contributed by atoms with E-state index >= 15 is 0 Å². The van der Waals surface area contributed by atoms with Crippen molar-refractivity contribution in [3.05, 3.63) is 29.8 Å². The number of hydrogen-bond acceptors (Lipinski definition) is 2.